The minimum atomic E-state index is -0.732. The first-order valence-corrected chi connectivity index (χ1v) is 9.56. The second-order valence-electron chi connectivity index (χ2n) is 7.65. The molecule has 0 aromatic heterocycles. The van der Waals surface area contributed by atoms with Gasteiger partial charge in [-0.3, -0.25) is 14.5 Å². The van der Waals surface area contributed by atoms with Gasteiger partial charge in [-0.2, -0.15) is 10.5 Å². The highest BCUT2D eigenvalue weighted by Gasteiger charge is 2.50. The highest BCUT2D eigenvalue weighted by Crippen LogP contribution is 2.35. The van der Waals surface area contributed by atoms with Crippen molar-refractivity contribution in [2.75, 3.05) is 24.5 Å². The number of hydrogen-bond acceptors (Lipinski definition) is 6. The molecule has 3 aliphatic rings. The van der Waals surface area contributed by atoms with E-state index < -0.39 is 6.04 Å². The van der Waals surface area contributed by atoms with Crippen LogP contribution in [0.25, 0.3) is 0 Å². The van der Waals surface area contributed by atoms with E-state index in [4.69, 9.17) is 11.0 Å². The van der Waals surface area contributed by atoms with Gasteiger partial charge in [0.05, 0.1) is 35.8 Å². The van der Waals surface area contributed by atoms with E-state index in [1.54, 1.807) is 34.1 Å². The molecule has 4 atom stereocenters. The number of piperazine rings is 1. The van der Waals surface area contributed by atoms with E-state index in [0.717, 1.165) is 12.1 Å². The fourth-order valence-electron chi connectivity index (χ4n) is 4.61. The largest absolute Gasteiger partial charge is 0.325 e. The van der Waals surface area contributed by atoms with Gasteiger partial charge in [-0.15, -0.1) is 0 Å². The van der Waals surface area contributed by atoms with Gasteiger partial charge in [0, 0.05) is 25.3 Å². The number of amides is 2. The number of benzene rings is 1. The van der Waals surface area contributed by atoms with E-state index >= 15 is 0 Å². The molecule has 2 amide bonds. The zero-order chi connectivity index (χ0) is 19.8. The van der Waals surface area contributed by atoms with Crippen LogP contribution in [0.5, 0.6) is 0 Å². The molecule has 0 spiro atoms. The van der Waals surface area contributed by atoms with Crippen LogP contribution in [0.15, 0.2) is 24.3 Å². The Kier molecular flexibility index (Phi) is 4.76. The average molecular weight is 378 g/mol. The third kappa shape index (κ3) is 3.01. The zero-order valence-electron chi connectivity index (χ0n) is 15.5. The van der Waals surface area contributed by atoms with Crippen LogP contribution in [0.1, 0.15) is 24.8 Å². The van der Waals surface area contributed by atoms with Crippen molar-refractivity contribution in [3.8, 4) is 12.1 Å². The van der Waals surface area contributed by atoms with Crippen molar-refractivity contribution in [3.63, 3.8) is 0 Å². The SMILES string of the molecule is N#Cc1ccc(N2C(=O)C3C[C@H]2CN3CC(N)C(=O)N2CCCC2C#N)cc1. The Labute approximate surface area is 163 Å². The number of carbonyl (C=O) groups is 2. The minimum absolute atomic E-state index is 0.0108. The van der Waals surface area contributed by atoms with Gasteiger partial charge in [0.15, 0.2) is 0 Å². The van der Waals surface area contributed by atoms with E-state index in [0.29, 0.717) is 38.0 Å². The van der Waals surface area contributed by atoms with Crippen molar-refractivity contribution in [1.82, 2.24) is 9.80 Å². The molecular formula is C20H22N6O2. The summed E-state index contributed by atoms with van der Waals surface area (Å²) in [6, 6.07) is 9.92. The third-order valence-electron chi connectivity index (χ3n) is 5.98. The summed E-state index contributed by atoms with van der Waals surface area (Å²) in [5.41, 5.74) is 7.51. The first kappa shape index (κ1) is 18.4. The maximum Gasteiger partial charge on any atom is 0.244 e. The summed E-state index contributed by atoms with van der Waals surface area (Å²) in [4.78, 5) is 30.9. The molecule has 2 N–H and O–H groups in total. The Morgan fingerprint density at radius 2 is 2.04 bits per heavy atom. The second-order valence-corrected chi connectivity index (χ2v) is 7.65. The van der Waals surface area contributed by atoms with Crippen LogP contribution in [0.3, 0.4) is 0 Å². The number of hydrogen-bond donors (Lipinski definition) is 1. The van der Waals surface area contributed by atoms with Gasteiger partial charge >= 0.3 is 0 Å². The van der Waals surface area contributed by atoms with Crippen LogP contribution in [0, 0.1) is 22.7 Å². The lowest BCUT2D eigenvalue weighted by Gasteiger charge is -2.35. The van der Waals surface area contributed by atoms with E-state index in [9.17, 15) is 14.9 Å². The van der Waals surface area contributed by atoms with Crippen molar-refractivity contribution in [2.45, 2.75) is 43.4 Å². The molecule has 1 aromatic carbocycles. The number of rotatable bonds is 4. The highest BCUT2D eigenvalue weighted by atomic mass is 16.2. The van der Waals surface area contributed by atoms with Crippen molar-refractivity contribution >= 4 is 17.5 Å². The van der Waals surface area contributed by atoms with Gasteiger partial charge < -0.3 is 15.5 Å². The van der Waals surface area contributed by atoms with Crippen LogP contribution in [-0.2, 0) is 9.59 Å². The van der Waals surface area contributed by atoms with Gasteiger partial charge in [-0.05, 0) is 43.5 Å². The van der Waals surface area contributed by atoms with Gasteiger partial charge in [-0.25, -0.2) is 0 Å². The van der Waals surface area contributed by atoms with Crippen molar-refractivity contribution in [2.24, 2.45) is 5.73 Å². The molecule has 0 saturated carbocycles. The summed E-state index contributed by atoms with van der Waals surface area (Å²) in [5.74, 6) is -0.195. The van der Waals surface area contributed by atoms with E-state index in [2.05, 4.69) is 12.1 Å². The molecule has 0 aliphatic carbocycles. The third-order valence-corrected chi connectivity index (χ3v) is 5.98. The summed E-state index contributed by atoms with van der Waals surface area (Å²) >= 11 is 0. The van der Waals surface area contributed by atoms with Crippen LogP contribution in [0.4, 0.5) is 5.69 Å². The topological polar surface area (TPSA) is 117 Å². The summed E-state index contributed by atoms with van der Waals surface area (Å²) in [6.45, 7) is 1.56. The number of nitrogens with zero attached hydrogens (tertiary/aromatic N) is 5. The lowest BCUT2D eigenvalue weighted by molar-refractivity contribution is -0.134. The number of carbonyl (C=O) groups excluding carboxylic acids is 2. The zero-order valence-corrected chi connectivity index (χ0v) is 15.5. The smallest absolute Gasteiger partial charge is 0.244 e. The molecule has 0 radical (unpaired) electrons. The van der Waals surface area contributed by atoms with Crippen LogP contribution < -0.4 is 10.6 Å². The molecule has 4 rings (SSSR count). The van der Waals surface area contributed by atoms with Gasteiger partial charge in [0.2, 0.25) is 11.8 Å². The van der Waals surface area contributed by atoms with Gasteiger partial charge in [0.1, 0.15) is 6.04 Å². The summed E-state index contributed by atoms with van der Waals surface area (Å²) < 4.78 is 0. The Hall–Kier alpha value is -2.94. The molecule has 8 nitrogen and oxygen atoms in total. The molecule has 144 valence electrons. The molecule has 3 heterocycles. The molecular weight excluding hydrogens is 356 g/mol. The van der Waals surface area contributed by atoms with Gasteiger partial charge in [0.25, 0.3) is 0 Å². The maximum absolute atomic E-state index is 12.9. The highest BCUT2D eigenvalue weighted by molar-refractivity contribution is 6.01. The van der Waals surface area contributed by atoms with E-state index in [-0.39, 0.29) is 29.9 Å². The molecule has 8 heteroatoms. The predicted molar refractivity (Wildman–Crippen MR) is 101 cm³/mol. The lowest BCUT2D eigenvalue weighted by atomic mass is 10.1. The van der Waals surface area contributed by atoms with Crippen LogP contribution in [-0.4, -0.2) is 65.4 Å². The molecule has 28 heavy (non-hydrogen) atoms. The molecule has 3 fully saturated rings. The van der Waals surface area contributed by atoms with Crippen molar-refractivity contribution < 1.29 is 9.59 Å². The average Bonchev–Trinajstić information content (AvgIpc) is 3.41. The number of anilines is 1. The van der Waals surface area contributed by atoms with E-state index in [1.165, 1.54) is 0 Å². The first-order valence-electron chi connectivity index (χ1n) is 9.56. The fourth-order valence-corrected chi connectivity index (χ4v) is 4.61. The van der Waals surface area contributed by atoms with Crippen LogP contribution in [0.2, 0.25) is 0 Å². The van der Waals surface area contributed by atoms with E-state index in [1.807, 2.05) is 4.90 Å². The van der Waals surface area contributed by atoms with Gasteiger partial charge in [-0.1, -0.05) is 0 Å². The lowest BCUT2D eigenvalue weighted by Crippen LogP contribution is -2.56. The number of fused-ring (bicyclic) bond motifs is 2. The molecule has 3 aliphatic heterocycles. The molecule has 1 aromatic rings. The minimum Gasteiger partial charge on any atom is -0.325 e. The second kappa shape index (κ2) is 7.23. The normalized spacial score (nSPS) is 27.7. The summed E-state index contributed by atoms with van der Waals surface area (Å²) in [6.07, 6.45) is 2.23. The summed E-state index contributed by atoms with van der Waals surface area (Å²) in [5, 5.41) is 18.1. The number of nitriles is 2. The quantitative estimate of drug-likeness (QED) is 0.799. The summed E-state index contributed by atoms with van der Waals surface area (Å²) in [7, 11) is 0. The van der Waals surface area contributed by atoms with Crippen LogP contribution >= 0.6 is 0 Å². The monoisotopic (exact) mass is 378 g/mol. The maximum atomic E-state index is 12.9. The molecule has 3 unspecified atom stereocenters. The fraction of sp³-hybridized carbons (Fsp3) is 0.500. The molecule has 3 saturated heterocycles. The Morgan fingerprint density at radius 1 is 1.29 bits per heavy atom. The number of likely N-dealkylation sites (tertiary alicyclic amines) is 2. The Bertz CT molecular complexity index is 870. The predicted octanol–water partition coefficient (Wildman–Crippen LogP) is 0.190. The standard InChI is InChI=1S/C20H22N6O2/c21-9-13-3-5-14(6-4-13)26-16-8-18(20(26)28)24(11-16)12-17(23)19(27)25-7-1-2-15(25)10-22/h3-6,15-18H,1-2,7-8,11-12,23H2/t15?,16-,17?,18?/m0/s1. The number of nitrogens with two attached hydrogens (primary N) is 1. The Morgan fingerprint density at radius 3 is 2.68 bits per heavy atom. The molecule has 2 bridgehead atoms. The van der Waals surface area contributed by atoms with Crippen molar-refractivity contribution in [3.05, 3.63) is 29.8 Å². The van der Waals surface area contributed by atoms with Crippen molar-refractivity contribution in [1.29, 1.82) is 10.5 Å². The Balaban J connectivity index is 1.40. The first-order chi connectivity index (χ1) is 13.5.